The van der Waals surface area contributed by atoms with Gasteiger partial charge in [0.25, 0.3) is 0 Å². The molecule has 0 spiro atoms. The highest BCUT2D eigenvalue weighted by Crippen LogP contribution is 2.32. The van der Waals surface area contributed by atoms with E-state index in [4.69, 9.17) is 0 Å². The van der Waals surface area contributed by atoms with Gasteiger partial charge in [0.1, 0.15) is 5.60 Å². The molecule has 0 aliphatic rings. The van der Waals surface area contributed by atoms with Gasteiger partial charge in [-0.2, -0.15) is 0 Å². The molecule has 0 aliphatic heterocycles. The molecule has 3 aromatic carbocycles. The number of likely N-dealkylation sites (N-methyl/N-ethyl adjacent to an activating group) is 1. The average molecular weight is 454 g/mol. The van der Waals surface area contributed by atoms with E-state index in [-0.39, 0.29) is 0 Å². The zero-order chi connectivity index (χ0) is 20.7. The summed E-state index contributed by atoms with van der Waals surface area (Å²) in [5.74, 6) is 0. The lowest BCUT2D eigenvalue weighted by Crippen LogP contribution is -2.48. The molecule has 0 fully saturated rings. The number of nitrogens with zero attached hydrogens (tertiary/aromatic N) is 1. The van der Waals surface area contributed by atoms with E-state index < -0.39 is 11.7 Å². The van der Waals surface area contributed by atoms with Gasteiger partial charge in [-0.1, -0.05) is 102 Å². The Hall–Kier alpha value is -1.98. The van der Waals surface area contributed by atoms with Gasteiger partial charge in [-0.25, -0.2) is 0 Å². The fourth-order valence-electron chi connectivity index (χ4n) is 3.61. The second kappa shape index (κ2) is 10.2. The molecule has 0 aromatic heterocycles. The van der Waals surface area contributed by atoms with Gasteiger partial charge in [0, 0.05) is 24.0 Å². The highest BCUT2D eigenvalue weighted by molar-refractivity contribution is 9.10. The Bertz CT molecular complexity index is 888. The Balaban J connectivity index is 1.85. The number of hydrogen-bond acceptors (Lipinski definition) is 3. The molecule has 29 heavy (non-hydrogen) atoms. The lowest BCUT2D eigenvalue weighted by Gasteiger charge is -2.37. The number of rotatable bonds is 9. The van der Waals surface area contributed by atoms with Crippen LogP contribution in [-0.4, -0.2) is 34.3 Å². The normalized spacial score (nSPS) is 14.5. The molecule has 0 heterocycles. The van der Waals surface area contributed by atoms with Crippen LogP contribution >= 0.6 is 15.9 Å². The van der Waals surface area contributed by atoms with Crippen molar-refractivity contribution in [2.75, 3.05) is 13.1 Å². The first-order chi connectivity index (χ1) is 14.0. The summed E-state index contributed by atoms with van der Waals surface area (Å²) >= 11 is 3.58. The van der Waals surface area contributed by atoms with E-state index in [1.807, 2.05) is 72.8 Å². The van der Waals surface area contributed by atoms with Gasteiger partial charge in [0.2, 0.25) is 0 Å². The Morgan fingerprint density at radius 2 is 1.48 bits per heavy atom. The third-order valence-corrected chi connectivity index (χ3v) is 6.14. The summed E-state index contributed by atoms with van der Waals surface area (Å²) in [7, 11) is 0. The first-order valence-corrected chi connectivity index (χ1v) is 10.8. The van der Waals surface area contributed by atoms with Crippen LogP contribution in [0.1, 0.15) is 23.6 Å². The van der Waals surface area contributed by atoms with Crippen molar-refractivity contribution in [1.29, 1.82) is 0 Å². The lowest BCUT2D eigenvalue weighted by atomic mass is 9.82. The smallest absolute Gasteiger partial charge is 0.121 e. The third kappa shape index (κ3) is 5.55. The van der Waals surface area contributed by atoms with Crippen LogP contribution in [0.15, 0.2) is 89.4 Å². The maximum Gasteiger partial charge on any atom is 0.121 e. The number of aliphatic hydroxyl groups excluding tert-OH is 1. The second-order valence-corrected chi connectivity index (χ2v) is 8.24. The van der Waals surface area contributed by atoms with Crippen molar-refractivity contribution < 1.29 is 10.2 Å². The molecule has 0 saturated heterocycles. The molecule has 2 N–H and O–H groups in total. The van der Waals surface area contributed by atoms with Gasteiger partial charge in [-0.3, -0.25) is 4.90 Å². The molecular formula is C25H28BrNO2. The van der Waals surface area contributed by atoms with Crippen LogP contribution in [0.2, 0.25) is 0 Å². The highest BCUT2D eigenvalue weighted by Gasteiger charge is 2.38. The molecule has 4 heteroatoms. The quantitative estimate of drug-likeness (QED) is 0.490. The summed E-state index contributed by atoms with van der Waals surface area (Å²) in [4.78, 5) is 2.16. The summed E-state index contributed by atoms with van der Waals surface area (Å²) in [5.41, 5.74) is 1.48. The van der Waals surface area contributed by atoms with Crippen molar-refractivity contribution in [1.82, 2.24) is 4.90 Å². The second-order valence-electron chi connectivity index (χ2n) is 7.39. The van der Waals surface area contributed by atoms with Crippen molar-refractivity contribution in [2.45, 2.75) is 31.6 Å². The molecule has 3 nitrogen and oxygen atoms in total. The van der Waals surface area contributed by atoms with Gasteiger partial charge in [0.15, 0.2) is 0 Å². The summed E-state index contributed by atoms with van der Waals surface area (Å²) in [6.45, 7) is 3.96. The summed E-state index contributed by atoms with van der Waals surface area (Å²) in [6, 6.07) is 27.5. The SMILES string of the molecule is CCN(Cc1ccccc1)CC(O)[C@@](O)(Cc1ccccc1Br)c1ccccc1. The minimum Gasteiger partial charge on any atom is -0.388 e. The minimum absolute atomic E-state index is 0.322. The summed E-state index contributed by atoms with van der Waals surface area (Å²) in [6.07, 6.45) is -0.622. The Kier molecular flexibility index (Phi) is 7.62. The van der Waals surface area contributed by atoms with E-state index in [0.29, 0.717) is 13.0 Å². The molecule has 1 unspecified atom stereocenters. The fourth-order valence-corrected chi connectivity index (χ4v) is 4.04. The molecular weight excluding hydrogens is 426 g/mol. The summed E-state index contributed by atoms with van der Waals surface area (Å²) in [5, 5.41) is 23.0. The minimum atomic E-state index is -1.39. The van der Waals surface area contributed by atoms with E-state index in [0.717, 1.165) is 28.7 Å². The Labute approximate surface area is 181 Å². The van der Waals surface area contributed by atoms with Crippen LogP contribution in [0.4, 0.5) is 0 Å². The number of aliphatic hydroxyl groups is 2. The summed E-state index contributed by atoms with van der Waals surface area (Å²) < 4.78 is 0.929. The number of benzene rings is 3. The highest BCUT2D eigenvalue weighted by atomic mass is 79.9. The zero-order valence-electron chi connectivity index (χ0n) is 16.7. The predicted octanol–water partition coefficient (Wildman–Crippen LogP) is 4.76. The van der Waals surface area contributed by atoms with E-state index in [1.54, 1.807) is 0 Å². The van der Waals surface area contributed by atoms with Gasteiger partial charge >= 0.3 is 0 Å². The van der Waals surface area contributed by atoms with E-state index in [9.17, 15) is 10.2 Å². The van der Waals surface area contributed by atoms with Crippen molar-refractivity contribution in [2.24, 2.45) is 0 Å². The van der Waals surface area contributed by atoms with Crippen molar-refractivity contribution in [3.63, 3.8) is 0 Å². The van der Waals surface area contributed by atoms with E-state index in [2.05, 4.69) is 39.9 Å². The monoisotopic (exact) mass is 453 g/mol. The van der Waals surface area contributed by atoms with Crippen molar-refractivity contribution >= 4 is 15.9 Å². The standard InChI is InChI=1S/C25H28BrNO2/c1-2-27(18-20-11-5-3-6-12-20)19-24(28)25(29,22-14-7-4-8-15-22)17-21-13-9-10-16-23(21)26/h3-16,24,28-29H,2,17-19H2,1H3/t24?,25-/m1/s1. The lowest BCUT2D eigenvalue weighted by molar-refractivity contribution is -0.0923. The first-order valence-electron chi connectivity index (χ1n) is 9.98. The maximum atomic E-state index is 11.7. The van der Waals surface area contributed by atoms with Gasteiger partial charge in [-0.05, 0) is 29.3 Å². The van der Waals surface area contributed by atoms with Crippen LogP contribution in [0, 0.1) is 0 Å². The Morgan fingerprint density at radius 1 is 0.897 bits per heavy atom. The van der Waals surface area contributed by atoms with Crippen molar-refractivity contribution in [3.05, 3.63) is 106 Å². The Morgan fingerprint density at radius 3 is 2.10 bits per heavy atom. The molecule has 3 aromatic rings. The molecule has 0 radical (unpaired) electrons. The molecule has 152 valence electrons. The maximum absolute atomic E-state index is 11.7. The van der Waals surface area contributed by atoms with Gasteiger partial charge < -0.3 is 10.2 Å². The van der Waals surface area contributed by atoms with Crippen molar-refractivity contribution in [3.8, 4) is 0 Å². The largest absolute Gasteiger partial charge is 0.388 e. The van der Waals surface area contributed by atoms with Crippen LogP contribution in [-0.2, 0) is 18.6 Å². The molecule has 0 saturated carbocycles. The fraction of sp³-hybridized carbons (Fsp3) is 0.280. The molecule has 0 bridgehead atoms. The zero-order valence-corrected chi connectivity index (χ0v) is 18.3. The predicted molar refractivity (Wildman–Crippen MR) is 122 cm³/mol. The van der Waals surface area contributed by atoms with Gasteiger partial charge in [-0.15, -0.1) is 0 Å². The van der Waals surface area contributed by atoms with Crippen LogP contribution in [0.5, 0.6) is 0 Å². The van der Waals surface area contributed by atoms with Crippen LogP contribution in [0.3, 0.4) is 0 Å². The first kappa shape index (κ1) is 21.7. The topological polar surface area (TPSA) is 43.7 Å². The molecule has 3 rings (SSSR count). The number of hydrogen-bond donors (Lipinski definition) is 2. The molecule has 2 atom stereocenters. The van der Waals surface area contributed by atoms with Gasteiger partial charge in [0.05, 0.1) is 6.10 Å². The van der Waals surface area contributed by atoms with E-state index in [1.165, 1.54) is 5.56 Å². The van der Waals surface area contributed by atoms with Crippen LogP contribution < -0.4 is 0 Å². The van der Waals surface area contributed by atoms with E-state index >= 15 is 0 Å². The van der Waals surface area contributed by atoms with Crippen LogP contribution in [0.25, 0.3) is 0 Å². The average Bonchev–Trinajstić information content (AvgIpc) is 2.76. The third-order valence-electron chi connectivity index (χ3n) is 5.37. The molecule has 0 amide bonds. The number of halogens is 1. The molecule has 0 aliphatic carbocycles.